The number of nitrogens with one attached hydrogen (secondary N) is 1. The van der Waals surface area contributed by atoms with Crippen molar-refractivity contribution >= 4 is 11.6 Å². The summed E-state index contributed by atoms with van der Waals surface area (Å²) in [6, 6.07) is 0. The van der Waals surface area contributed by atoms with E-state index >= 15 is 0 Å². The second-order valence-electron chi connectivity index (χ2n) is 2.41. The number of likely N-dealkylation sites (N-methyl/N-ethyl adjacent to an activating group) is 1. The van der Waals surface area contributed by atoms with Crippen molar-refractivity contribution in [3.05, 3.63) is 17.2 Å². The molecule has 4 heteroatoms. The monoisotopic (exact) mass is 173 g/mol. The third-order valence-electron chi connectivity index (χ3n) is 1.63. The van der Waals surface area contributed by atoms with Crippen LogP contribution in [-0.4, -0.2) is 23.1 Å². The van der Waals surface area contributed by atoms with Gasteiger partial charge in [0.2, 0.25) is 0 Å². The molecule has 0 aliphatic heterocycles. The van der Waals surface area contributed by atoms with Gasteiger partial charge in [-0.25, -0.2) is 4.98 Å². The Hall–Kier alpha value is -0.540. The van der Waals surface area contributed by atoms with Gasteiger partial charge in [-0.3, -0.25) is 0 Å². The summed E-state index contributed by atoms with van der Waals surface area (Å²) < 4.78 is 1.89. The first-order valence-electron chi connectivity index (χ1n) is 3.56. The molecular formula is C7H12ClN3. The Morgan fingerprint density at radius 2 is 2.45 bits per heavy atom. The summed E-state index contributed by atoms with van der Waals surface area (Å²) in [5.41, 5.74) is 0. The van der Waals surface area contributed by atoms with Crippen LogP contribution in [0.5, 0.6) is 0 Å². The van der Waals surface area contributed by atoms with E-state index in [0.717, 1.165) is 18.8 Å². The van der Waals surface area contributed by atoms with E-state index in [-0.39, 0.29) is 0 Å². The summed E-state index contributed by atoms with van der Waals surface area (Å²) in [6.07, 6.45) is 2.59. The fourth-order valence-electron chi connectivity index (χ4n) is 0.893. The van der Waals surface area contributed by atoms with Gasteiger partial charge in [-0.15, -0.1) is 0 Å². The highest BCUT2D eigenvalue weighted by atomic mass is 35.5. The molecule has 0 bridgehead atoms. The van der Waals surface area contributed by atoms with Crippen molar-refractivity contribution in [2.75, 3.05) is 13.6 Å². The first-order chi connectivity index (χ1) is 5.25. The van der Waals surface area contributed by atoms with Gasteiger partial charge in [-0.05, 0) is 7.05 Å². The highest BCUT2D eigenvalue weighted by Crippen LogP contribution is 2.08. The molecule has 1 aromatic rings. The number of hydrogen-bond donors (Lipinski definition) is 1. The second-order valence-corrected chi connectivity index (χ2v) is 2.80. The lowest BCUT2D eigenvalue weighted by atomic mass is 10.4. The van der Waals surface area contributed by atoms with Crippen LogP contribution < -0.4 is 5.32 Å². The van der Waals surface area contributed by atoms with Crippen molar-refractivity contribution in [2.45, 2.75) is 6.42 Å². The molecule has 0 amide bonds. The molecule has 0 unspecified atom stereocenters. The normalized spacial score (nSPS) is 10.5. The quantitative estimate of drug-likeness (QED) is 0.734. The fourth-order valence-corrected chi connectivity index (χ4v) is 1.04. The van der Waals surface area contributed by atoms with Crippen LogP contribution in [0, 0.1) is 0 Å². The number of aromatic nitrogens is 2. The summed E-state index contributed by atoms with van der Waals surface area (Å²) >= 11 is 5.79. The van der Waals surface area contributed by atoms with Crippen molar-refractivity contribution in [3.8, 4) is 0 Å². The molecule has 1 aromatic heterocycles. The molecule has 1 N–H and O–H groups in total. The van der Waals surface area contributed by atoms with Crippen LogP contribution in [0.2, 0.25) is 5.15 Å². The zero-order valence-electron chi connectivity index (χ0n) is 6.76. The molecule has 1 heterocycles. The van der Waals surface area contributed by atoms with E-state index in [9.17, 15) is 0 Å². The van der Waals surface area contributed by atoms with E-state index < -0.39 is 0 Å². The van der Waals surface area contributed by atoms with Gasteiger partial charge in [0, 0.05) is 20.0 Å². The molecule has 0 fully saturated rings. The number of hydrogen-bond acceptors (Lipinski definition) is 2. The van der Waals surface area contributed by atoms with E-state index in [1.807, 2.05) is 18.7 Å². The molecule has 1 rings (SSSR count). The largest absolute Gasteiger partial charge is 0.322 e. The summed E-state index contributed by atoms with van der Waals surface area (Å²) in [5, 5.41) is 3.75. The minimum atomic E-state index is 0.691. The SMILES string of the molecule is CNCCc1ncc(Cl)n1C. The standard InChI is InChI=1S/C7H12ClN3/c1-9-4-3-7-10-5-6(8)11(7)2/h5,9H,3-4H2,1-2H3. The first-order valence-corrected chi connectivity index (χ1v) is 3.94. The fraction of sp³-hybridized carbons (Fsp3) is 0.571. The molecule has 0 atom stereocenters. The molecule has 0 spiro atoms. The Kier molecular flexibility index (Phi) is 2.91. The lowest BCUT2D eigenvalue weighted by molar-refractivity contribution is 0.718. The van der Waals surface area contributed by atoms with Crippen LogP contribution in [0.25, 0.3) is 0 Å². The van der Waals surface area contributed by atoms with Gasteiger partial charge in [-0.2, -0.15) is 0 Å². The van der Waals surface area contributed by atoms with E-state index in [0.29, 0.717) is 5.15 Å². The van der Waals surface area contributed by atoms with E-state index in [1.165, 1.54) is 0 Å². The van der Waals surface area contributed by atoms with Crippen molar-refractivity contribution in [1.82, 2.24) is 14.9 Å². The maximum absolute atomic E-state index is 5.79. The smallest absolute Gasteiger partial charge is 0.128 e. The van der Waals surface area contributed by atoms with Crippen molar-refractivity contribution in [2.24, 2.45) is 7.05 Å². The third-order valence-corrected chi connectivity index (χ3v) is 1.98. The van der Waals surface area contributed by atoms with Crippen LogP contribution in [0.4, 0.5) is 0 Å². The summed E-state index contributed by atoms with van der Waals surface area (Å²) in [7, 11) is 3.84. The minimum absolute atomic E-state index is 0.691. The average Bonchev–Trinajstić information content (AvgIpc) is 2.31. The van der Waals surface area contributed by atoms with Crippen molar-refractivity contribution < 1.29 is 0 Å². The topological polar surface area (TPSA) is 29.9 Å². The predicted octanol–water partition coefficient (Wildman–Crippen LogP) is 0.835. The number of halogens is 1. The van der Waals surface area contributed by atoms with Crippen molar-refractivity contribution in [3.63, 3.8) is 0 Å². The summed E-state index contributed by atoms with van der Waals surface area (Å²) in [4.78, 5) is 4.14. The van der Waals surface area contributed by atoms with Crippen LogP contribution >= 0.6 is 11.6 Å². The van der Waals surface area contributed by atoms with E-state index in [4.69, 9.17) is 11.6 Å². The molecule has 0 aromatic carbocycles. The van der Waals surface area contributed by atoms with Gasteiger partial charge in [0.1, 0.15) is 11.0 Å². The zero-order chi connectivity index (χ0) is 8.27. The van der Waals surface area contributed by atoms with Gasteiger partial charge in [-0.1, -0.05) is 11.6 Å². The molecule has 0 saturated heterocycles. The highest BCUT2D eigenvalue weighted by molar-refractivity contribution is 6.29. The van der Waals surface area contributed by atoms with Crippen LogP contribution in [-0.2, 0) is 13.5 Å². The Morgan fingerprint density at radius 3 is 2.91 bits per heavy atom. The van der Waals surface area contributed by atoms with Gasteiger partial charge < -0.3 is 9.88 Å². The molecule has 62 valence electrons. The molecule has 3 nitrogen and oxygen atoms in total. The zero-order valence-corrected chi connectivity index (χ0v) is 7.52. The molecule has 11 heavy (non-hydrogen) atoms. The Morgan fingerprint density at radius 1 is 1.73 bits per heavy atom. The van der Waals surface area contributed by atoms with Crippen molar-refractivity contribution in [1.29, 1.82) is 0 Å². The molecule has 0 aliphatic carbocycles. The molecular weight excluding hydrogens is 162 g/mol. The van der Waals surface area contributed by atoms with E-state index in [1.54, 1.807) is 6.20 Å². The lowest BCUT2D eigenvalue weighted by Gasteiger charge is -2.00. The Bertz CT molecular complexity index is 232. The lowest BCUT2D eigenvalue weighted by Crippen LogP contribution is -2.13. The van der Waals surface area contributed by atoms with Gasteiger partial charge in [0.25, 0.3) is 0 Å². The summed E-state index contributed by atoms with van der Waals surface area (Å²) in [6.45, 7) is 0.932. The molecule has 0 saturated carbocycles. The maximum Gasteiger partial charge on any atom is 0.128 e. The summed E-state index contributed by atoms with van der Waals surface area (Å²) in [5.74, 6) is 1.02. The second kappa shape index (κ2) is 3.74. The Labute approximate surface area is 71.4 Å². The first kappa shape index (κ1) is 8.56. The minimum Gasteiger partial charge on any atom is -0.322 e. The van der Waals surface area contributed by atoms with Crippen LogP contribution in [0.3, 0.4) is 0 Å². The van der Waals surface area contributed by atoms with Crippen LogP contribution in [0.15, 0.2) is 6.20 Å². The van der Waals surface area contributed by atoms with Gasteiger partial charge in [0.05, 0.1) is 6.20 Å². The number of nitrogens with zero attached hydrogens (tertiary/aromatic N) is 2. The average molecular weight is 174 g/mol. The number of rotatable bonds is 3. The predicted molar refractivity (Wildman–Crippen MR) is 45.8 cm³/mol. The Balaban J connectivity index is 2.63. The third kappa shape index (κ3) is 1.94. The molecule has 0 radical (unpaired) electrons. The highest BCUT2D eigenvalue weighted by Gasteiger charge is 2.01. The van der Waals surface area contributed by atoms with E-state index in [2.05, 4.69) is 10.3 Å². The molecule has 0 aliphatic rings. The maximum atomic E-state index is 5.79. The number of imidazole rings is 1. The van der Waals surface area contributed by atoms with Gasteiger partial charge >= 0.3 is 0 Å². The van der Waals surface area contributed by atoms with Crippen LogP contribution in [0.1, 0.15) is 5.82 Å². The van der Waals surface area contributed by atoms with Gasteiger partial charge in [0.15, 0.2) is 0 Å².